The van der Waals surface area contributed by atoms with Crippen LogP contribution >= 0.6 is 15.9 Å². The Morgan fingerprint density at radius 2 is 2.22 bits per heavy atom. The Kier molecular flexibility index (Phi) is 3.23. The SMILES string of the molecule is NCC1(Cc2ccc(F)cc2Br)CC2CCC1C2. The molecule has 3 atom stereocenters. The first-order valence-corrected chi connectivity index (χ1v) is 7.56. The fraction of sp³-hybridized carbons (Fsp3) is 0.600. The van der Waals surface area contributed by atoms with Crippen molar-refractivity contribution < 1.29 is 4.39 Å². The van der Waals surface area contributed by atoms with Crippen LogP contribution in [0.1, 0.15) is 31.2 Å². The molecular weight excluding hydrogens is 293 g/mol. The predicted molar refractivity (Wildman–Crippen MR) is 74.7 cm³/mol. The zero-order valence-corrected chi connectivity index (χ0v) is 12.0. The molecule has 0 spiro atoms. The number of fused-ring (bicyclic) bond motifs is 2. The molecule has 0 amide bonds. The molecule has 98 valence electrons. The first-order chi connectivity index (χ1) is 8.63. The number of halogens is 2. The Balaban J connectivity index is 1.86. The summed E-state index contributed by atoms with van der Waals surface area (Å²) < 4.78 is 14.0. The van der Waals surface area contributed by atoms with Crippen molar-refractivity contribution in [1.29, 1.82) is 0 Å². The number of rotatable bonds is 3. The van der Waals surface area contributed by atoms with Crippen LogP contribution < -0.4 is 5.73 Å². The highest BCUT2D eigenvalue weighted by Crippen LogP contribution is 2.57. The third kappa shape index (κ3) is 2.01. The summed E-state index contributed by atoms with van der Waals surface area (Å²) in [6.45, 7) is 0.762. The number of hydrogen-bond donors (Lipinski definition) is 1. The van der Waals surface area contributed by atoms with E-state index >= 15 is 0 Å². The summed E-state index contributed by atoms with van der Waals surface area (Å²) in [5.41, 5.74) is 7.56. The lowest BCUT2D eigenvalue weighted by Gasteiger charge is -2.37. The van der Waals surface area contributed by atoms with E-state index in [0.29, 0.717) is 0 Å². The number of benzene rings is 1. The smallest absolute Gasteiger partial charge is 0.124 e. The molecule has 1 aromatic carbocycles. The lowest BCUT2D eigenvalue weighted by Crippen LogP contribution is -2.38. The van der Waals surface area contributed by atoms with E-state index in [1.54, 1.807) is 12.1 Å². The van der Waals surface area contributed by atoms with Crippen LogP contribution in [0.2, 0.25) is 0 Å². The van der Waals surface area contributed by atoms with Gasteiger partial charge in [-0.25, -0.2) is 4.39 Å². The van der Waals surface area contributed by atoms with Gasteiger partial charge in [-0.15, -0.1) is 0 Å². The van der Waals surface area contributed by atoms with Crippen LogP contribution in [0, 0.1) is 23.1 Å². The average Bonchev–Trinajstić information content (AvgIpc) is 2.93. The zero-order chi connectivity index (χ0) is 12.8. The Hall–Kier alpha value is -0.410. The second kappa shape index (κ2) is 4.61. The van der Waals surface area contributed by atoms with Crippen molar-refractivity contribution >= 4 is 15.9 Å². The van der Waals surface area contributed by atoms with Gasteiger partial charge in [-0.05, 0) is 67.2 Å². The Morgan fingerprint density at radius 1 is 1.39 bits per heavy atom. The van der Waals surface area contributed by atoms with Gasteiger partial charge in [-0.2, -0.15) is 0 Å². The van der Waals surface area contributed by atoms with Crippen LogP contribution in [0.25, 0.3) is 0 Å². The summed E-state index contributed by atoms with van der Waals surface area (Å²) in [4.78, 5) is 0. The van der Waals surface area contributed by atoms with Gasteiger partial charge in [0.2, 0.25) is 0 Å². The minimum atomic E-state index is -0.180. The topological polar surface area (TPSA) is 26.0 Å². The highest BCUT2D eigenvalue weighted by molar-refractivity contribution is 9.10. The van der Waals surface area contributed by atoms with Crippen molar-refractivity contribution in [3.63, 3.8) is 0 Å². The largest absolute Gasteiger partial charge is 0.330 e. The number of hydrogen-bond acceptors (Lipinski definition) is 1. The van der Waals surface area contributed by atoms with E-state index in [9.17, 15) is 4.39 Å². The molecular formula is C15H19BrFN. The maximum atomic E-state index is 13.1. The third-order valence-corrected chi connectivity index (χ3v) is 5.80. The highest BCUT2D eigenvalue weighted by atomic mass is 79.9. The average molecular weight is 312 g/mol. The molecule has 0 aromatic heterocycles. The van der Waals surface area contributed by atoms with E-state index < -0.39 is 0 Å². The standard InChI is InChI=1S/C15H19BrFN/c16-14-6-13(17)4-2-11(14)8-15(9-18)7-10-1-3-12(15)5-10/h2,4,6,10,12H,1,3,5,7-9,18H2. The lowest BCUT2D eigenvalue weighted by molar-refractivity contribution is 0.171. The van der Waals surface area contributed by atoms with Crippen molar-refractivity contribution in [3.8, 4) is 0 Å². The molecule has 18 heavy (non-hydrogen) atoms. The van der Waals surface area contributed by atoms with E-state index in [-0.39, 0.29) is 11.2 Å². The molecule has 3 rings (SSSR count). The van der Waals surface area contributed by atoms with Crippen LogP contribution in [0.5, 0.6) is 0 Å². The van der Waals surface area contributed by atoms with E-state index in [4.69, 9.17) is 5.73 Å². The molecule has 0 radical (unpaired) electrons. The Morgan fingerprint density at radius 3 is 2.78 bits per heavy atom. The normalized spacial score (nSPS) is 34.2. The van der Waals surface area contributed by atoms with Crippen LogP contribution in [0.3, 0.4) is 0 Å². The molecule has 0 heterocycles. The van der Waals surface area contributed by atoms with Gasteiger partial charge in [0, 0.05) is 4.47 Å². The summed E-state index contributed by atoms with van der Waals surface area (Å²) >= 11 is 3.48. The van der Waals surface area contributed by atoms with Gasteiger partial charge in [-0.1, -0.05) is 28.4 Å². The van der Waals surface area contributed by atoms with Crippen LogP contribution in [0.15, 0.2) is 22.7 Å². The van der Waals surface area contributed by atoms with E-state index in [0.717, 1.165) is 29.3 Å². The molecule has 2 N–H and O–H groups in total. The summed E-state index contributed by atoms with van der Waals surface area (Å²) in [6.07, 6.45) is 6.33. The molecule has 3 heteroatoms. The fourth-order valence-electron chi connectivity index (χ4n) is 4.14. The van der Waals surface area contributed by atoms with Crippen LogP contribution in [0.4, 0.5) is 4.39 Å². The van der Waals surface area contributed by atoms with Gasteiger partial charge >= 0.3 is 0 Å². The van der Waals surface area contributed by atoms with Crippen molar-refractivity contribution in [1.82, 2.24) is 0 Å². The molecule has 1 aromatic rings. The van der Waals surface area contributed by atoms with Gasteiger partial charge in [0.05, 0.1) is 0 Å². The van der Waals surface area contributed by atoms with Gasteiger partial charge in [0.1, 0.15) is 5.82 Å². The molecule has 2 fully saturated rings. The van der Waals surface area contributed by atoms with Crippen molar-refractivity contribution in [3.05, 3.63) is 34.1 Å². The quantitative estimate of drug-likeness (QED) is 0.900. The summed E-state index contributed by atoms with van der Waals surface area (Å²) in [5, 5.41) is 0. The molecule has 2 saturated carbocycles. The fourth-order valence-corrected chi connectivity index (χ4v) is 4.63. The van der Waals surface area contributed by atoms with Crippen molar-refractivity contribution in [2.75, 3.05) is 6.54 Å². The molecule has 2 bridgehead atoms. The first-order valence-electron chi connectivity index (χ1n) is 6.77. The first kappa shape index (κ1) is 12.6. The van der Waals surface area contributed by atoms with Gasteiger partial charge < -0.3 is 5.73 Å². The zero-order valence-electron chi connectivity index (χ0n) is 10.5. The Bertz CT molecular complexity index is 462. The molecule has 3 unspecified atom stereocenters. The van der Waals surface area contributed by atoms with Crippen molar-refractivity contribution in [2.45, 2.75) is 32.1 Å². The van der Waals surface area contributed by atoms with Gasteiger partial charge in [0.15, 0.2) is 0 Å². The van der Waals surface area contributed by atoms with E-state index in [1.165, 1.54) is 31.2 Å². The molecule has 1 nitrogen and oxygen atoms in total. The predicted octanol–water partition coefficient (Wildman–Crippen LogP) is 3.90. The van der Waals surface area contributed by atoms with Gasteiger partial charge in [-0.3, -0.25) is 0 Å². The number of nitrogens with two attached hydrogens (primary N) is 1. The maximum absolute atomic E-state index is 13.1. The van der Waals surface area contributed by atoms with Crippen LogP contribution in [-0.2, 0) is 6.42 Å². The van der Waals surface area contributed by atoms with Crippen molar-refractivity contribution in [2.24, 2.45) is 23.0 Å². The minimum Gasteiger partial charge on any atom is -0.330 e. The molecule has 2 aliphatic rings. The van der Waals surface area contributed by atoms with Crippen LogP contribution in [-0.4, -0.2) is 6.54 Å². The summed E-state index contributed by atoms with van der Waals surface area (Å²) in [6, 6.07) is 5.02. The Labute approximate surface area is 116 Å². The van der Waals surface area contributed by atoms with E-state index in [1.807, 2.05) is 6.07 Å². The molecule has 2 aliphatic carbocycles. The summed E-state index contributed by atoms with van der Waals surface area (Å²) in [7, 11) is 0. The molecule has 0 aliphatic heterocycles. The lowest BCUT2D eigenvalue weighted by atomic mass is 9.69. The third-order valence-electron chi connectivity index (χ3n) is 5.07. The van der Waals surface area contributed by atoms with E-state index in [2.05, 4.69) is 15.9 Å². The second-order valence-corrected chi connectivity index (χ2v) is 6.91. The molecule has 0 saturated heterocycles. The second-order valence-electron chi connectivity index (χ2n) is 6.06. The monoisotopic (exact) mass is 311 g/mol. The highest BCUT2D eigenvalue weighted by Gasteiger charge is 2.49. The maximum Gasteiger partial charge on any atom is 0.124 e. The minimum absolute atomic E-state index is 0.180. The summed E-state index contributed by atoms with van der Waals surface area (Å²) in [5.74, 6) is 1.49. The van der Waals surface area contributed by atoms with Gasteiger partial charge in [0.25, 0.3) is 0 Å².